The van der Waals surface area contributed by atoms with Crippen LogP contribution in [0, 0.1) is 0 Å². The Morgan fingerprint density at radius 1 is 1.05 bits per heavy atom. The van der Waals surface area contributed by atoms with Gasteiger partial charge in [-0.2, -0.15) is 0 Å². The minimum Gasteiger partial charge on any atom is -0.449 e. The van der Waals surface area contributed by atoms with Crippen molar-refractivity contribution < 1.29 is 23.9 Å². The fourth-order valence-corrected chi connectivity index (χ4v) is 5.59. The van der Waals surface area contributed by atoms with E-state index in [2.05, 4.69) is 39.9 Å². The van der Waals surface area contributed by atoms with Crippen LogP contribution in [0.3, 0.4) is 0 Å². The third kappa shape index (κ3) is 6.34. The summed E-state index contributed by atoms with van der Waals surface area (Å²) in [6, 6.07) is 16.2. The molecule has 0 saturated heterocycles. The Labute approximate surface area is 237 Å². The van der Waals surface area contributed by atoms with E-state index in [1.165, 1.54) is 11.3 Å². The van der Waals surface area contributed by atoms with Gasteiger partial charge in [0, 0.05) is 24.4 Å². The molecule has 0 radical (unpaired) electrons. The van der Waals surface area contributed by atoms with Crippen LogP contribution in [0.15, 0.2) is 60.0 Å². The summed E-state index contributed by atoms with van der Waals surface area (Å²) in [4.78, 5) is 43.2. The second kappa shape index (κ2) is 11.5. The van der Waals surface area contributed by atoms with Crippen molar-refractivity contribution in [3.05, 3.63) is 76.8 Å². The highest BCUT2D eigenvalue weighted by molar-refractivity contribution is 7.14. The standard InChI is InChI=1S/C30H32N4O5S/c1-30(2,3)39-29(37)34-14-12-19(13-15-34)25-18-40-27(32-25)33-26(35)16-31-28(36)38-17-24-22-10-6-4-8-20(22)21-9-5-7-11-23(21)24/h4-12,18,24H,13-17H2,1-3H3,(H,31,36)(H,32,33,35). The van der Waals surface area contributed by atoms with Crippen molar-refractivity contribution >= 4 is 40.1 Å². The Morgan fingerprint density at radius 3 is 2.35 bits per heavy atom. The highest BCUT2D eigenvalue weighted by atomic mass is 32.1. The molecule has 0 saturated carbocycles. The molecule has 5 rings (SSSR count). The number of carbonyl (C=O) groups excluding carboxylic acids is 3. The van der Waals surface area contributed by atoms with Gasteiger partial charge in [0.15, 0.2) is 5.13 Å². The monoisotopic (exact) mass is 560 g/mol. The van der Waals surface area contributed by atoms with Gasteiger partial charge in [-0.25, -0.2) is 14.6 Å². The summed E-state index contributed by atoms with van der Waals surface area (Å²) in [5.41, 5.74) is 5.78. The smallest absolute Gasteiger partial charge is 0.410 e. The third-order valence-electron chi connectivity index (χ3n) is 6.68. The molecule has 1 aliphatic heterocycles. The fraction of sp³-hybridized carbons (Fsp3) is 0.333. The summed E-state index contributed by atoms with van der Waals surface area (Å²) in [5.74, 6) is -0.450. The molecule has 9 nitrogen and oxygen atoms in total. The molecule has 0 bridgehead atoms. The Kier molecular flexibility index (Phi) is 7.88. The number of benzene rings is 2. The maximum Gasteiger partial charge on any atom is 0.410 e. The van der Waals surface area contributed by atoms with Crippen molar-refractivity contribution in [3.8, 4) is 11.1 Å². The van der Waals surface area contributed by atoms with Crippen LogP contribution in [-0.4, -0.2) is 59.8 Å². The number of aromatic nitrogens is 1. The van der Waals surface area contributed by atoms with Gasteiger partial charge >= 0.3 is 12.2 Å². The van der Waals surface area contributed by atoms with Gasteiger partial charge in [0.05, 0.1) is 5.69 Å². The van der Waals surface area contributed by atoms with Gasteiger partial charge in [0.1, 0.15) is 18.8 Å². The fourth-order valence-electron chi connectivity index (χ4n) is 4.84. The van der Waals surface area contributed by atoms with Crippen molar-refractivity contribution in [2.24, 2.45) is 0 Å². The van der Waals surface area contributed by atoms with E-state index in [1.807, 2.05) is 56.5 Å². The van der Waals surface area contributed by atoms with Crippen molar-refractivity contribution in [2.75, 3.05) is 31.6 Å². The zero-order valence-electron chi connectivity index (χ0n) is 22.7. The number of thiazole rings is 1. The van der Waals surface area contributed by atoms with Crippen molar-refractivity contribution in [1.29, 1.82) is 0 Å². The molecule has 3 amide bonds. The van der Waals surface area contributed by atoms with Gasteiger partial charge in [-0.05, 0) is 55.0 Å². The lowest BCUT2D eigenvalue weighted by molar-refractivity contribution is -0.115. The van der Waals surface area contributed by atoms with E-state index < -0.39 is 17.6 Å². The molecule has 0 spiro atoms. The van der Waals surface area contributed by atoms with Gasteiger partial charge in [0.25, 0.3) is 0 Å². The van der Waals surface area contributed by atoms with Gasteiger partial charge < -0.3 is 25.0 Å². The molecule has 1 aliphatic carbocycles. The largest absolute Gasteiger partial charge is 0.449 e. The van der Waals surface area contributed by atoms with Crippen LogP contribution in [0.2, 0.25) is 0 Å². The van der Waals surface area contributed by atoms with Crippen LogP contribution in [0.1, 0.15) is 49.9 Å². The lowest BCUT2D eigenvalue weighted by Crippen LogP contribution is -2.39. The number of anilines is 1. The normalized spacial score (nSPS) is 14.6. The van der Waals surface area contributed by atoms with E-state index in [9.17, 15) is 14.4 Å². The van der Waals surface area contributed by atoms with E-state index >= 15 is 0 Å². The van der Waals surface area contributed by atoms with E-state index in [0.29, 0.717) is 24.6 Å². The SMILES string of the molecule is CC(C)(C)OC(=O)N1CC=C(c2csc(NC(=O)CNC(=O)OCC3c4ccccc4-c4ccccc43)n2)CC1. The van der Waals surface area contributed by atoms with Crippen LogP contribution >= 0.6 is 11.3 Å². The third-order valence-corrected chi connectivity index (χ3v) is 7.44. The maximum atomic E-state index is 12.4. The molecule has 2 aliphatic rings. The van der Waals surface area contributed by atoms with Crippen LogP contribution in [0.4, 0.5) is 14.7 Å². The van der Waals surface area contributed by atoms with Gasteiger partial charge in [-0.15, -0.1) is 11.3 Å². The summed E-state index contributed by atoms with van der Waals surface area (Å²) in [6.07, 6.45) is 1.60. The number of hydrogen-bond donors (Lipinski definition) is 2. The molecule has 208 valence electrons. The van der Waals surface area contributed by atoms with Gasteiger partial charge in [-0.1, -0.05) is 54.6 Å². The quantitative estimate of drug-likeness (QED) is 0.404. The summed E-state index contributed by atoms with van der Waals surface area (Å²) in [5, 5.41) is 7.54. The first kappa shape index (κ1) is 27.4. The number of fused-ring (bicyclic) bond motifs is 3. The molecule has 40 heavy (non-hydrogen) atoms. The van der Waals surface area contributed by atoms with Crippen LogP contribution in [0.25, 0.3) is 16.7 Å². The maximum absolute atomic E-state index is 12.4. The Balaban J connectivity index is 1.08. The van der Waals surface area contributed by atoms with Gasteiger partial charge in [0.2, 0.25) is 5.91 Å². The number of carbonyl (C=O) groups is 3. The molecule has 0 fully saturated rings. The highest BCUT2D eigenvalue weighted by Crippen LogP contribution is 2.44. The lowest BCUT2D eigenvalue weighted by Gasteiger charge is -2.29. The number of ether oxygens (including phenoxy) is 2. The summed E-state index contributed by atoms with van der Waals surface area (Å²) in [7, 11) is 0. The number of rotatable bonds is 6. The first-order chi connectivity index (χ1) is 19.2. The second-order valence-corrected chi connectivity index (χ2v) is 11.5. The lowest BCUT2D eigenvalue weighted by atomic mass is 9.98. The predicted octanol–water partition coefficient (Wildman–Crippen LogP) is 5.64. The molecule has 0 atom stereocenters. The number of nitrogens with one attached hydrogen (secondary N) is 2. The minimum atomic E-state index is -0.654. The number of alkyl carbamates (subject to hydrolysis) is 1. The van der Waals surface area contributed by atoms with Crippen molar-refractivity contribution in [1.82, 2.24) is 15.2 Å². The number of nitrogens with zero attached hydrogens (tertiary/aromatic N) is 2. The van der Waals surface area contributed by atoms with E-state index in [4.69, 9.17) is 9.47 Å². The van der Waals surface area contributed by atoms with E-state index in [1.54, 1.807) is 4.90 Å². The highest BCUT2D eigenvalue weighted by Gasteiger charge is 2.29. The van der Waals surface area contributed by atoms with Crippen LogP contribution in [-0.2, 0) is 14.3 Å². The summed E-state index contributed by atoms with van der Waals surface area (Å²) >= 11 is 1.30. The Bertz CT molecular complexity index is 1410. The van der Waals surface area contributed by atoms with Crippen LogP contribution < -0.4 is 10.6 Å². The molecular weight excluding hydrogens is 528 g/mol. The van der Waals surface area contributed by atoms with Crippen molar-refractivity contribution in [2.45, 2.75) is 38.7 Å². The van der Waals surface area contributed by atoms with Crippen molar-refractivity contribution in [3.63, 3.8) is 0 Å². The molecule has 0 unspecified atom stereocenters. The van der Waals surface area contributed by atoms with Crippen LogP contribution in [0.5, 0.6) is 0 Å². The Hall–Kier alpha value is -4.18. The molecule has 10 heteroatoms. The molecule has 2 N–H and O–H groups in total. The summed E-state index contributed by atoms with van der Waals surface area (Å²) < 4.78 is 10.9. The number of hydrogen-bond acceptors (Lipinski definition) is 7. The zero-order chi connectivity index (χ0) is 28.3. The van der Waals surface area contributed by atoms with E-state index in [0.717, 1.165) is 33.5 Å². The molecule has 3 aromatic rings. The molecule has 1 aromatic heterocycles. The van der Waals surface area contributed by atoms with Gasteiger partial charge in [-0.3, -0.25) is 4.79 Å². The Morgan fingerprint density at radius 2 is 1.73 bits per heavy atom. The summed E-state index contributed by atoms with van der Waals surface area (Å²) in [6.45, 7) is 6.44. The molecular formula is C30H32N4O5S. The zero-order valence-corrected chi connectivity index (χ0v) is 23.5. The number of amides is 3. The van der Waals surface area contributed by atoms with E-state index in [-0.39, 0.29) is 25.2 Å². The second-order valence-electron chi connectivity index (χ2n) is 10.7. The minimum absolute atomic E-state index is 0.0500. The average Bonchev–Trinajstić information content (AvgIpc) is 3.52. The first-order valence-electron chi connectivity index (χ1n) is 13.2. The topological polar surface area (TPSA) is 110 Å². The first-order valence-corrected chi connectivity index (χ1v) is 14.1. The molecule has 2 aromatic carbocycles. The average molecular weight is 561 g/mol. The predicted molar refractivity (Wildman–Crippen MR) is 154 cm³/mol. The molecule has 2 heterocycles.